The molecular formula is C14H20N2O4S. The third-order valence-corrected chi connectivity index (χ3v) is 6.13. The van der Waals surface area contributed by atoms with Crippen LogP contribution in [-0.2, 0) is 19.4 Å². The zero-order chi connectivity index (χ0) is 15.3. The van der Waals surface area contributed by atoms with Gasteiger partial charge in [0.2, 0.25) is 11.8 Å². The highest BCUT2D eigenvalue weighted by atomic mass is 32.2. The number of nitrogens with one attached hydrogen (secondary N) is 1. The van der Waals surface area contributed by atoms with Crippen molar-refractivity contribution < 1.29 is 18.0 Å². The maximum atomic E-state index is 12.9. The highest BCUT2D eigenvalue weighted by Crippen LogP contribution is 2.36. The van der Waals surface area contributed by atoms with Gasteiger partial charge in [0.25, 0.3) is 0 Å². The second-order valence-electron chi connectivity index (χ2n) is 6.14. The van der Waals surface area contributed by atoms with Gasteiger partial charge >= 0.3 is 0 Å². The summed E-state index contributed by atoms with van der Waals surface area (Å²) in [4.78, 5) is 26.8. The van der Waals surface area contributed by atoms with Gasteiger partial charge in [-0.3, -0.25) is 9.59 Å². The summed E-state index contributed by atoms with van der Waals surface area (Å²) in [5.74, 6) is -0.381. The minimum absolute atomic E-state index is 0.113. The summed E-state index contributed by atoms with van der Waals surface area (Å²) < 4.78 is 23.3. The second kappa shape index (κ2) is 4.83. The number of sulfone groups is 1. The van der Waals surface area contributed by atoms with Crippen LogP contribution in [0.2, 0.25) is 0 Å². The molecule has 2 unspecified atom stereocenters. The lowest BCUT2D eigenvalue weighted by Gasteiger charge is -2.46. The molecule has 1 saturated carbocycles. The molecule has 116 valence electrons. The molecule has 3 rings (SSSR count). The smallest absolute Gasteiger partial charge is 0.249 e. The quantitative estimate of drug-likeness (QED) is 0.797. The Morgan fingerprint density at radius 1 is 1.33 bits per heavy atom. The van der Waals surface area contributed by atoms with Crippen molar-refractivity contribution in [3.63, 3.8) is 0 Å². The van der Waals surface area contributed by atoms with Crippen LogP contribution in [0, 0.1) is 0 Å². The van der Waals surface area contributed by atoms with E-state index >= 15 is 0 Å². The number of piperazine rings is 1. The first-order valence-electron chi connectivity index (χ1n) is 7.44. The van der Waals surface area contributed by atoms with Crippen LogP contribution in [0.3, 0.4) is 0 Å². The predicted octanol–water partition coefficient (Wildman–Crippen LogP) is 0.347. The van der Waals surface area contributed by atoms with E-state index in [1.807, 2.05) is 6.92 Å². The molecule has 1 spiro atoms. The monoisotopic (exact) mass is 312 g/mol. The molecule has 2 heterocycles. The Morgan fingerprint density at radius 3 is 2.52 bits per heavy atom. The predicted molar refractivity (Wildman–Crippen MR) is 77.0 cm³/mol. The summed E-state index contributed by atoms with van der Waals surface area (Å²) in [5.41, 5.74) is -0.803. The van der Waals surface area contributed by atoms with Crippen molar-refractivity contribution >= 4 is 21.7 Å². The van der Waals surface area contributed by atoms with Crippen LogP contribution in [0.1, 0.15) is 39.0 Å². The first-order valence-corrected chi connectivity index (χ1v) is 9.16. The molecule has 1 aliphatic carbocycles. The fraction of sp³-hybridized carbons (Fsp3) is 0.714. The topological polar surface area (TPSA) is 83.6 Å². The molecule has 2 amide bonds. The lowest BCUT2D eigenvalue weighted by molar-refractivity contribution is -0.156. The van der Waals surface area contributed by atoms with Crippen molar-refractivity contribution in [2.45, 2.75) is 56.7 Å². The highest BCUT2D eigenvalue weighted by Gasteiger charge is 2.53. The van der Waals surface area contributed by atoms with E-state index in [-0.39, 0.29) is 17.6 Å². The van der Waals surface area contributed by atoms with Gasteiger partial charge in [0.1, 0.15) is 11.6 Å². The Bertz CT molecular complexity index is 604. The lowest BCUT2D eigenvalue weighted by atomic mass is 9.89. The van der Waals surface area contributed by atoms with Crippen LogP contribution in [-0.4, -0.2) is 48.5 Å². The molecule has 6 nitrogen and oxygen atoms in total. The third-order valence-electron chi connectivity index (χ3n) is 4.76. The normalized spacial score (nSPS) is 33.7. The van der Waals surface area contributed by atoms with Crippen LogP contribution >= 0.6 is 0 Å². The minimum atomic E-state index is -3.26. The molecule has 2 fully saturated rings. The van der Waals surface area contributed by atoms with Crippen molar-refractivity contribution in [2.24, 2.45) is 0 Å². The van der Waals surface area contributed by atoms with Gasteiger partial charge in [-0.15, -0.1) is 0 Å². The summed E-state index contributed by atoms with van der Waals surface area (Å²) in [5, 5.41) is 4.07. The fourth-order valence-corrected chi connectivity index (χ4v) is 4.98. The highest BCUT2D eigenvalue weighted by molar-refractivity contribution is 7.94. The summed E-state index contributed by atoms with van der Waals surface area (Å²) >= 11 is 0. The lowest BCUT2D eigenvalue weighted by Crippen LogP contribution is -2.71. The van der Waals surface area contributed by atoms with Crippen molar-refractivity contribution in [1.82, 2.24) is 10.2 Å². The number of amides is 2. The number of hydrogen-bond acceptors (Lipinski definition) is 4. The summed E-state index contributed by atoms with van der Waals surface area (Å²) in [7, 11) is -3.26. The number of carbonyl (C=O) groups is 2. The van der Waals surface area contributed by atoms with E-state index in [1.54, 1.807) is 0 Å². The van der Waals surface area contributed by atoms with Crippen LogP contribution in [0.5, 0.6) is 0 Å². The van der Waals surface area contributed by atoms with Crippen LogP contribution in [0.25, 0.3) is 0 Å². The Labute approximate surface area is 124 Å². The zero-order valence-electron chi connectivity index (χ0n) is 12.0. The minimum Gasteiger partial charge on any atom is -0.340 e. The molecular weight excluding hydrogens is 292 g/mol. The van der Waals surface area contributed by atoms with Crippen molar-refractivity contribution in [3.8, 4) is 0 Å². The number of carbonyl (C=O) groups excluding carboxylic acids is 2. The van der Waals surface area contributed by atoms with E-state index in [1.165, 1.54) is 11.0 Å². The molecule has 2 atom stereocenters. The van der Waals surface area contributed by atoms with Gasteiger partial charge < -0.3 is 10.2 Å². The number of nitrogens with zero attached hydrogens (tertiary/aromatic N) is 1. The molecule has 1 N–H and O–H groups in total. The third kappa shape index (κ3) is 2.27. The SMILES string of the molecule is CCC1C(=O)NC2(CCCC2)C(=O)N1C1C=CS(=O)(=O)C1. The second-order valence-corrected chi connectivity index (χ2v) is 8.07. The van der Waals surface area contributed by atoms with Crippen LogP contribution in [0.4, 0.5) is 0 Å². The Balaban J connectivity index is 1.96. The Hall–Kier alpha value is -1.37. The first-order chi connectivity index (χ1) is 9.88. The fourth-order valence-electron chi connectivity index (χ4n) is 3.70. The molecule has 0 radical (unpaired) electrons. The molecule has 3 aliphatic rings. The van der Waals surface area contributed by atoms with Gasteiger partial charge in [-0.05, 0) is 25.3 Å². The van der Waals surface area contributed by atoms with E-state index in [4.69, 9.17) is 0 Å². The van der Waals surface area contributed by atoms with Gasteiger partial charge in [-0.1, -0.05) is 19.8 Å². The number of hydrogen-bond donors (Lipinski definition) is 1. The molecule has 0 aromatic carbocycles. The molecule has 21 heavy (non-hydrogen) atoms. The van der Waals surface area contributed by atoms with Crippen LogP contribution in [0.15, 0.2) is 11.5 Å². The summed E-state index contributed by atoms with van der Waals surface area (Å²) in [6, 6.07) is -1.09. The van der Waals surface area contributed by atoms with Gasteiger partial charge in [-0.25, -0.2) is 8.42 Å². The zero-order valence-corrected chi connectivity index (χ0v) is 12.9. The first kappa shape index (κ1) is 14.6. The molecule has 0 bridgehead atoms. The van der Waals surface area contributed by atoms with Crippen molar-refractivity contribution in [2.75, 3.05) is 5.75 Å². The van der Waals surface area contributed by atoms with E-state index < -0.39 is 27.5 Å². The van der Waals surface area contributed by atoms with E-state index in [2.05, 4.69) is 5.32 Å². The van der Waals surface area contributed by atoms with E-state index in [9.17, 15) is 18.0 Å². The summed E-state index contributed by atoms with van der Waals surface area (Å²) in [6.07, 6.45) is 5.14. The average molecular weight is 312 g/mol. The molecule has 7 heteroatoms. The molecule has 2 aliphatic heterocycles. The maximum Gasteiger partial charge on any atom is 0.249 e. The Morgan fingerprint density at radius 2 is 2.00 bits per heavy atom. The largest absolute Gasteiger partial charge is 0.340 e. The van der Waals surface area contributed by atoms with Gasteiger partial charge in [0.15, 0.2) is 9.84 Å². The molecule has 0 aromatic heterocycles. The van der Waals surface area contributed by atoms with E-state index in [0.717, 1.165) is 18.2 Å². The average Bonchev–Trinajstić information content (AvgIpc) is 3.01. The van der Waals surface area contributed by atoms with Gasteiger partial charge in [-0.2, -0.15) is 0 Å². The Kier molecular flexibility index (Phi) is 3.35. The van der Waals surface area contributed by atoms with Gasteiger partial charge in [0.05, 0.1) is 11.8 Å². The number of rotatable bonds is 2. The standard InChI is InChI=1S/C14H20N2O4S/c1-2-11-12(17)15-14(6-3-4-7-14)13(18)16(11)10-5-8-21(19,20)9-10/h5,8,10-11H,2-4,6-7,9H2,1H3,(H,15,17). The van der Waals surface area contributed by atoms with Crippen molar-refractivity contribution in [3.05, 3.63) is 11.5 Å². The van der Waals surface area contributed by atoms with Crippen molar-refractivity contribution in [1.29, 1.82) is 0 Å². The molecule has 1 saturated heterocycles. The van der Waals surface area contributed by atoms with Crippen LogP contribution < -0.4 is 5.32 Å². The van der Waals surface area contributed by atoms with E-state index in [0.29, 0.717) is 19.3 Å². The molecule has 0 aromatic rings. The summed E-state index contributed by atoms with van der Waals surface area (Å²) in [6.45, 7) is 1.84. The van der Waals surface area contributed by atoms with Gasteiger partial charge in [0, 0.05) is 5.41 Å². The maximum absolute atomic E-state index is 12.9.